The summed E-state index contributed by atoms with van der Waals surface area (Å²) in [6.45, 7) is 7.38. The van der Waals surface area contributed by atoms with Crippen LogP contribution in [0.2, 0.25) is 0 Å². The van der Waals surface area contributed by atoms with Gasteiger partial charge in [-0.25, -0.2) is 4.98 Å². The molecule has 0 saturated heterocycles. The van der Waals surface area contributed by atoms with Crippen LogP contribution in [-0.4, -0.2) is 41.9 Å². The minimum atomic E-state index is 0.707. The second kappa shape index (κ2) is 6.67. The molecule has 1 aromatic carbocycles. The normalized spacial score (nSPS) is 16.3. The van der Waals surface area contributed by atoms with Crippen molar-refractivity contribution in [1.29, 1.82) is 0 Å². The van der Waals surface area contributed by atoms with E-state index in [2.05, 4.69) is 48.0 Å². The molecule has 116 valence electrons. The number of hydrogen-bond acceptors (Lipinski definition) is 4. The van der Waals surface area contributed by atoms with Crippen LogP contribution < -0.4 is 0 Å². The van der Waals surface area contributed by atoms with Crippen LogP contribution in [0.15, 0.2) is 34.3 Å². The fourth-order valence-electron chi connectivity index (χ4n) is 2.59. The van der Waals surface area contributed by atoms with Crippen molar-refractivity contribution in [3.05, 3.63) is 35.4 Å². The summed E-state index contributed by atoms with van der Waals surface area (Å²) in [5.74, 6) is 0. The first kappa shape index (κ1) is 15.3. The van der Waals surface area contributed by atoms with Gasteiger partial charge in [0.05, 0.1) is 12.1 Å². The maximum absolute atomic E-state index is 5.22. The molecular formula is C17H21N3OS. The van der Waals surface area contributed by atoms with Gasteiger partial charge in [0, 0.05) is 37.7 Å². The van der Waals surface area contributed by atoms with Crippen LogP contribution in [-0.2, 0) is 11.3 Å². The van der Waals surface area contributed by atoms with Crippen LogP contribution in [0.4, 0.5) is 0 Å². The summed E-state index contributed by atoms with van der Waals surface area (Å²) in [6.07, 6.45) is 0. The Bertz CT molecular complexity index is 714. The molecule has 0 radical (unpaired) electrons. The lowest BCUT2D eigenvalue weighted by atomic mass is 10.1. The van der Waals surface area contributed by atoms with Gasteiger partial charge >= 0.3 is 0 Å². The Hall–Kier alpha value is -1.59. The fraction of sp³-hybridized carbons (Fsp3) is 0.412. The quantitative estimate of drug-likeness (QED) is 0.866. The number of aromatic nitrogens is 1. The van der Waals surface area contributed by atoms with Gasteiger partial charge in [0.25, 0.3) is 0 Å². The van der Waals surface area contributed by atoms with Gasteiger partial charge in [-0.05, 0) is 43.8 Å². The molecule has 1 aliphatic heterocycles. The summed E-state index contributed by atoms with van der Waals surface area (Å²) in [4.78, 5) is 11.7. The molecule has 0 fully saturated rings. The van der Waals surface area contributed by atoms with E-state index >= 15 is 0 Å². The molecule has 0 spiro atoms. The van der Waals surface area contributed by atoms with Gasteiger partial charge in [0.2, 0.25) is 0 Å². The van der Waals surface area contributed by atoms with E-state index in [1.54, 1.807) is 18.9 Å². The predicted octanol–water partition coefficient (Wildman–Crippen LogP) is 3.47. The van der Waals surface area contributed by atoms with E-state index in [-0.39, 0.29) is 0 Å². The summed E-state index contributed by atoms with van der Waals surface area (Å²) in [5.41, 5.74) is 3.59. The number of aryl methyl sites for hydroxylation is 1. The molecule has 22 heavy (non-hydrogen) atoms. The second-order valence-electron chi connectivity index (χ2n) is 5.42. The smallest absolute Gasteiger partial charge is 0.165 e. The molecule has 0 aliphatic carbocycles. The Labute approximate surface area is 135 Å². The number of hydrogen-bond donors (Lipinski definition) is 0. The van der Waals surface area contributed by atoms with Crippen LogP contribution in [0, 0.1) is 6.92 Å². The van der Waals surface area contributed by atoms with Crippen molar-refractivity contribution in [1.82, 2.24) is 9.88 Å². The van der Waals surface area contributed by atoms with Crippen molar-refractivity contribution in [3.63, 3.8) is 0 Å². The molecule has 4 nitrogen and oxygen atoms in total. The summed E-state index contributed by atoms with van der Waals surface area (Å²) in [6, 6.07) is 8.67. The Morgan fingerprint density at radius 1 is 1.36 bits per heavy atom. The van der Waals surface area contributed by atoms with Crippen molar-refractivity contribution in [2.24, 2.45) is 4.99 Å². The number of benzene rings is 1. The lowest BCUT2D eigenvalue weighted by Gasteiger charge is -2.30. The molecule has 0 N–H and O–H groups in total. The van der Waals surface area contributed by atoms with Gasteiger partial charge in [-0.1, -0.05) is 11.6 Å². The second-order valence-corrected chi connectivity index (χ2v) is 6.38. The first-order valence-electron chi connectivity index (χ1n) is 7.57. The van der Waals surface area contributed by atoms with Crippen molar-refractivity contribution in [2.75, 3.05) is 26.8 Å². The molecule has 1 aromatic heterocycles. The van der Waals surface area contributed by atoms with Gasteiger partial charge in [0.15, 0.2) is 5.17 Å². The SMILES string of the molecule is CCN=C1Sc2nc3ccc(C)cc3cc2CN1CCOC. The molecule has 0 amide bonds. The lowest BCUT2D eigenvalue weighted by Crippen LogP contribution is -2.34. The Kier molecular flexibility index (Phi) is 4.64. The van der Waals surface area contributed by atoms with E-state index in [9.17, 15) is 0 Å². The number of rotatable bonds is 4. The van der Waals surface area contributed by atoms with Crippen molar-refractivity contribution in [2.45, 2.75) is 25.4 Å². The first-order chi connectivity index (χ1) is 10.7. The number of fused-ring (bicyclic) bond motifs is 2. The molecule has 2 aromatic rings. The molecule has 0 saturated carbocycles. The predicted molar refractivity (Wildman–Crippen MR) is 92.6 cm³/mol. The zero-order chi connectivity index (χ0) is 15.5. The summed E-state index contributed by atoms with van der Waals surface area (Å²) >= 11 is 1.67. The average Bonchev–Trinajstić information content (AvgIpc) is 2.51. The van der Waals surface area contributed by atoms with Crippen LogP contribution in [0.25, 0.3) is 10.9 Å². The summed E-state index contributed by atoms with van der Waals surface area (Å²) in [7, 11) is 1.74. The van der Waals surface area contributed by atoms with Gasteiger partial charge in [-0.15, -0.1) is 0 Å². The van der Waals surface area contributed by atoms with Crippen LogP contribution in [0.3, 0.4) is 0 Å². The van der Waals surface area contributed by atoms with Gasteiger partial charge in [-0.2, -0.15) is 0 Å². The summed E-state index contributed by atoms with van der Waals surface area (Å²) < 4.78 is 5.22. The maximum Gasteiger partial charge on any atom is 0.165 e. The number of pyridine rings is 1. The van der Waals surface area contributed by atoms with Crippen LogP contribution in [0.5, 0.6) is 0 Å². The number of ether oxygens (including phenoxy) is 1. The summed E-state index contributed by atoms with van der Waals surface area (Å²) in [5, 5.41) is 3.34. The van der Waals surface area contributed by atoms with E-state index in [1.807, 2.05) is 0 Å². The molecule has 0 atom stereocenters. The fourth-order valence-corrected chi connectivity index (χ4v) is 3.64. The van der Waals surface area contributed by atoms with Gasteiger partial charge < -0.3 is 9.64 Å². The molecular weight excluding hydrogens is 294 g/mol. The van der Waals surface area contributed by atoms with Crippen LogP contribution in [0.1, 0.15) is 18.1 Å². The van der Waals surface area contributed by atoms with Crippen molar-refractivity contribution >= 4 is 27.8 Å². The number of methoxy groups -OCH3 is 1. The molecule has 0 bridgehead atoms. The van der Waals surface area contributed by atoms with E-state index in [0.717, 1.165) is 35.3 Å². The monoisotopic (exact) mass is 315 g/mol. The molecule has 0 unspecified atom stereocenters. The minimum Gasteiger partial charge on any atom is -0.383 e. The van der Waals surface area contributed by atoms with E-state index < -0.39 is 0 Å². The van der Waals surface area contributed by atoms with Crippen LogP contribution >= 0.6 is 11.8 Å². The number of amidine groups is 1. The Balaban J connectivity index is 1.99. The maximum atomic E-state index is 5.22. The largest absolute Gasteiger partial charge is 0.383 e. The Morgan fingerprint density at radius 3 is 3.00 bits per heavy atom. The molecule has 2 heterocycles. The molecule has 5 heteroatoms. The number of nitrogens with zero attached hydrogens (tertiary/aromatic N) is 3. The minimum absolute atomic E-state index is 0.707. The van der Waals surface area contributed by atoms with Gasteiger partial charge in [0.1, 0.15) is 5.03 Å². The Morgan fingerprint density at radius 2 is 2.23 bits per heavy atom. The zero-order valence-corrected chi connectivity index (χ0v) is 14.1. The third-order valence-electron chi connectivity index (χ3n) is 3.69. The molecule has 3 rings (SSSR count). The average molecular weight is 315 g/mol. The standard InChI is InChI=1S/C17H21N3OS/c1-4-18-17-20(7-8-21-3)11-14-10-13-9-12(2)5-6-15(13)19-16(14)22-17/h5-6,9-10H,4,7-8,11H2,1-3H3. The number of thioether (sulfide) groups is 1. The van der Waals surface area contributed by atoms with E-state index in [0.29, 0.717) is 6.61 Å². The molecule has 1 aliphatic rings. The van der Waals surface area contributed by atoms with E-state index in [4.69, 9.17) is 9.72 Å². The lowest BCUT2D eigenvalue weighted by molar-refractivity contribution is 0.174. The first-order valence-corrected chi connectivity index (χ1v) is 8.39. The highest BCUT2D eigenvalue weighted by molar-refractivity contribution is 8.13. The van der Waals surface area contributed by atoms with E-state index in [1.165, 1.54) is 16.5 Å². The highest BCUT2D eigenvalue weighted by atomic mass is 32.2. The van der Waals surface area contributed by atoms with Crippen molar-refractivity contribution in [3.8, 4) is 0 Å². The zero-order valence-electron chi connectivity index (χ0n) is 13.3. The third-order valence-corrected chi connectivity index (χ3v) is 4.80. The number of aliphatic imine (C=N–C) groups is 1. The third kappa shape index (κ3) is 3.10. The topological polar surface area (TPSA) is 37.7 Å². The van der Waals surface area contributed by atoms with Crippen molar-refractivity contribution < 1.29 is 4.74 Å². The van der Waals surface area contributed by atoms with Gasteiger partial charge in [-0.3, -0.25) is 4.99 Å². The highest BCUT2D eigenvalue weighted by Crippen LogP contribution is 2.33. The highest BCUT2D eigenvalue weighted by Gasteiger charge is 2.23.